The molecule has 90 valence electrons. The monoisotopic (exact) mass is 219 g/mol. The van der Waals surface area contributed by atoms with Gasteiger partial charge in [0.25, 0.3) is 0 Å². The second-order valence-corrected chi connectivity index (χ2v) is 3.42. The van der Waals surface area contributed by atoms with Crippen molar-refractivity contribution in [1.82, 2.24) is 5.32 Å². The maximum Gasteiger partial charge on any atom is 0.140 e. The van der Waals surface area contributed by atoms with Gasteiger partial charge in [0.1, 0.15) is 5.84 Å². The lowest BCUT2D eigenvalue weighted by Crippen LogP contribution is -2.38. The molecule has 0 aliphatic heterocycles. The van der Waals surface area contributed by atoms with Crippen LogP contribution in [0.25, 0.3) is 0 Å². The molecular weight excluding hydrogens is 198 g/mol. The fraction of sp³-hybridized carbons (Fsp3) is 0.889. The summed E-state index contributed by atoms with van der Waals surface area (Å²) in [5.74, 6) is 0.218. The summed E-state index contributed by atoms with van der Waals surface area (Å²) in [6.07, 6.45) is 0.518. The van der Waals surface area contributed by atoms with E-state index in [-0.39, 0.29) is 18.0 Å². The molecule has 0 rings (SSSR count). The zero-order chi connectivity index (χ0) is 11.7. The first-order valence-corrected chi connectivity index (χ1v) is 4.85. The summed E-state index contributed by atoms with van der Waals surface area (Å²) < 4.78 is 10.2. The minimum atomic E-state index is 0.0183. The average Bonchev–Trinajstić information content (AvgIpc) is 2.23. The molecule has 6 nitrogen and oxygen atoms in total. The minimum Gasteiger partial charge on any atom is -0.409 e. The largest absolute Gasteiger partial charge is 0.409 e. The maximum absolute atomic E-state index is 8.38. The van der Waals surface area contributed by atoms with Gasteiger partial charge in [-0.05, 0) is 6.92 Å². The summed E-state index contributed by atoms with van der Waals surface area (Å²) in [5.41, 5.74) is 5.38. The van der Waals surface area contributed by atoms with Crippen LogP contribution in [0.1, 0.15) is 13.3 Å². The summed E-state index contributed by atoms with van der Waals surface area (Å²) in [7, 11) is 3.27. The molecule has 0 fully saturated rings. The van der Waals surface area contributed by atoms with Gasteiger partial charge in [0.15, 0.2) is 0 Å². The Morgan fingerprint density at radius 2 is 2.20 bits per heavy atom. The van der Waals surface area contributed by atoms with E-state index in [9.17, 15) is 0 Å². The Morgan fingerprint density at radius 3 is 2.67 bits per heavy atom. The van der Waals surface area contributed by atoms with Gasteiger partial charge in [-0.25, -0.2) is 0 Å². The molecule has 6 heteroatoms. The first-order valence-electron chi connectivity index (χ1n) is 4.85. The Balaban J connectivity index is 3.72. The van der Waals surface area contributed by atoms with Crippen LogP contribution in [0.2, 0.25) is 0 Å². The third kappa shape index (κ3) is 7.12. The number of nitrogens with two attached hydrogens (primary N) is 1. The third-order valence-electron chi connectivity index (χ3n) is 2.02. The first-order chi connectivity index (χ1) is 7.13. The predicted molar refractivity (Wildman–Crippen MR) is 58.2 cm³/mol. The van der Waals surface area contributed by atoms with E-state index >= 15 is 0 Å². The van der Waals surface area contributed by atoms with Crippen molar-refractivity contribution >= 4 is 5.84 Å². The molecule has 0 aromatic carbocycles. The highest BCUT2D eigenvalue weighted by molar-refractivity contribution is 5.80. The van der Waals surface area contributed by atoms with Crippen LogP contribution < -0.4 is 11.1 Å². The van der Waals surface area contributed by atoms with E-state index in [4.69, 9.17) is 20.4 Å². The second kappa shape index (κ2) is 8.46. The van der Waals surface area contributed by atoms with Gasteiger partial charge in [0.05, 0.1) is 12.7 Å². The molecule has 0 aromatic heterocycles. The van der Waals surface area contributed by atoms with Crippen molar-refractivity contribution in [3.8, 4) is 0 Å². The standard InChI is InChI=1S/C9H21N3O3/c1-7(4-9(10)12-13)11-5-8(15-3)6-14-2/h7-8,11,13H,4-6H2,1-3H3,(H2,10,12). The number of hydrogen-bond acceptors (Lipinski definition) is 5. The van der Waals surface area contributed by atoms with Crippen molar-refractivity contribution in [3.63, 3.8) is 0 Å². The topological polar surface area (TPSA) is 89.1 Å². The summed E-state index contributed by atoms with van der Waals surface area (Å²) >= 11 is 0. The summed E-state index contributed by atoms with van der Waals surface area (Å²) in [4.78, 5) is 0. The zero-order valence-electron chi connectivity index (χ0n) is 9.56. The van der Waals surface area contributed by atoms with Crippen LogP contribution in [0.4, 0.5) is 0 Å². The highest BCUT2D eigenvalue weighted by Gasteiger charge is 2.09. The molecule has 0 radical (unpaired) electrons. The Morgan fingerprint density at radius 1 is 1.53 bits per heavy atom. The molecule has 0 aliphatic carbocycles. The van der Waals surface area contributed by atoms with E-state index in [2.05, 4.69) is 10.5 Å². The van der Waals surface area contributed by atoms with E-state index in [0.717, 1.165) is 0 Å². The molecule has 0 amide bonds. The molecule has 4 N–H and O–H groups in total. The molecule has 0 bridgehead atoms. The van der Waals surface area contributed by atoms with Crippen molar-refractivity contribution in [3.05, 3.63) is 0 Å². The minimum absolute atomic E-state index is 0.0183. The van der Waals surface area contributed by atoms with Gasteiger partial charge in [-0.15, -0.1) is 0 Å². The molecule has 0 spiro atoms. The van der Waals surface area contributed by atoms with Crippen molar-refractivity contribution in [1.29, 1.82) is 0 Å². The van der Waals surface area contributed by atoms with Gasteiger partial charge < -0.3 is 25.7 Å². The number of rotatable bonds is 8. The zero-order valence-corrected chi connectivity index (χ0v) is 9.56. The van der Waals surface area contributed by atoms with Crippen molar-refractivity contribution < 1.29 is 14.7 Å². The van der Waals surface area contributed by atoms with Gasteiger partial charge in [-0.1, -0.05) is 5.16 Å². The number of hydrogen-bond donors (Lipinski definition) is 3. The highest BCUT2D eigenvalue weighted by Crippen LogP contribution is 1.94. The molecule has 0 saturated carbocycles. The summed E-state index contributed by atoms with van der Waals surface area (Å²) in [6.45, 7) is 3.17. The Kier molecular flexibility index (Phi) is 7.98. The number of nitrogens with zero attached hydrogens (tertiary/aromatic N) is 1. The summed E-state index contributed by atoms with van der Waals surface area (Å²) in [6, 6.07) is 0.135. The van der Waals surface area contributed by atoms with Gasteiger partial charge in [0, 0.05) is 33.2 Å². The fourth-order valence-electron chi connectivity index (χ4n) is 1.16. The van der Waals surface area contributed by atoms with E-state index in [1.807, 2.05) is 6.92 Å². The van der Waals surface area contributed by atoms with Gasteiger partial charge in [0.2, 0.25) is 0 Å². The number of nitrogens with one attached hydrogen (secondary N) is 1. The Hall–Kier alpha value is -0.850. The third-order valence-corrected chi connectivity index (χ3v) is 2.02. The molecule has 0 aliphatic rings. The molecule has 0 heterocycles. The lowest BCUT2D eigenvalue weighted by atomic mass is 10.2. The first kappa shape index (κ1) is 14.2. The van der Waals surface area contributed by atoms with E-state index in [1.54, 1.807) is 14.2 Å². The van der Waals surface area contributed by atoms with Crippen molar-refractivity contribution in [2.24, 2.45) is 10.9 Å². The number of methoxy groups -OCH3 is 2. The van der Waals surface area contributed by atoms with E-state index in [1.165, 1.54) is 0 Å². The second-order valence-electron chi connectivity index (χ2n) is 3.42. The van der Waals surface area contributed by atoms with Crippen LogP contribution in [0.5, 0.6) is 0 Å². The van der Waals surface area contributed by atoms with Crippen LogP contribution in [-0.2, 0) is 9.47 Å². The highest BCUT2D eigenvalue weighted by atomic mass is 16.5. The van der Waals surface area contributed by atoms with Crippen LogP contribution in [0.15, 0.2) is 5.16 Å². The van der Waals surface area contributed by atoms with Crippen LogP contribution >= 0.6 is 0 Å². The van der Waals surface area contributed by atoms with Crippen molar-refractivity contribution in [2.45, 2.75) is 25.5 Å². The SMILES string of the molecule is COCC(CNC(C)CC(N)=NO)OC. The van der Waals surface area contributed by atoms with Gasteiger partial charge in [-0.2, -0.15) is 0 Å². The lowest BCUT2D eigenvalue weighted by molar-refractivity contribution is 0.0277. The fourth-order valence-corrected chi connectivity index (χ4v) is 1.16. The molecular formula is C9H21N3O3. The lowest BCUT2D eigenvalue weighted by Gasteiger charge is -2.18. The quantitative estimate of drug-likeness (QED) is 0.227. The van der Waals surface area contributed by atoms with E-state index < -0.39 is 0 Å². The number of oxime groups is 1. The Bertz CT molecular complexity index is 187. The summed E-state index contributed by atoms with van der Waals surface area (Å²) in [5, 5.41) is 14.5. The van der Waals surface area contributed by atoms with Gasteiger partial charge >= 0.3 is 0 Å². The van der Waals surface area contributed by atoms with Crippen LogP contribution in [0.3, 0.4) is 0 Å². The van der Waals surface area contributed by atoms with Gasteiger partial charge in [-0.3, -0.25) is 0 Å². The van der Waals surface area contributed by atoms with Crippen LogP contribution in [0, 0.1) is 0 Å². The molecule has 15 heavy (non-hydrogen) atoms. The Labute approximate surface area is 90.4 Å². The number of amidine groups is 1. The number of ether oxygens (including phenoxy) is 2. The molecule has 0 aromatic rings. The van der Waals surface area contributed by atoms with Crippen molar-refractivity contribution in [2.75, 3.05) is 27.4 Å². The average molecular weight is 219 g/mol. The predicted octanol–water partition coefficient (Wildman–Crippen LogP) is -0.238. The molecule has 2 atom stereocenters. The smallest absolute Gasteiger partial charge is 0.140 e. The molecule has 2 unspecified atom stereocenters. The van der Waals surface area contributed by atoms with E-state index in [0.29, 0.717) is 19.6 Å². The normalized spacial score (nSPS) is 16.3. The van der Waals surface area contributed by atoms with Crippen LogP contribution in [-0.4, -0.2) is 50.6 Å². The molecule has 0 saturated heterocycles. The maximum atomic E-state index is 8.38.